The fourth-order valence-corrected chi connectivity index (χ4v) is 5.09. The molecule has 0 unspecified atom stereocenters. The molecule has 3 rings (SSSR count). The monoisotopic (exact) mass is 593 g/mol. The molecule has 0 saturated carbocycles. The van der Waals surface area contributed by atoms with E-state index >= 15 is 0 Å². The van der Waals surface area contributed by atoms with Crippen molar-refractivity contribution in [2.24, 2.45) is 5.10 Å². The molecule has 0 bridgehead atoms. The zero-order valence-corrected chi connectivity index (χ0v) is 21.8. The minimum absolute atomic E-state index is 0.0335. The molecule has 1 N–H and O–H groups in total. The van der Waals surface area contributed by atoms with Crippen LogP contribution >= 0.6 is 22.6 Å². The Morgan fingerprint density at radius 2 is 1.74 bits per heavy atom. The van der Waals surface area contributed by atoms with Gasteiger partial charge in [0.2, 0.25) is 0 Å². The summed E-state index contributed by atoms with van der Waals surface area (Å²) >= 11 is 2.19. The number of hydrogen-bond acceptors (Lipinski definition) is 6. The standard InChI is InChI=1S/C24H24IN3O5S/c1-17(18-8-7-9-19(25)14-18)26-27-24(29)16-28(34(30,31)21-10-5-4-6-11-21)22-15-20(32-2)12-13-23(22)33-3/h4-15H,16H2,1-3H3,(H,27,29)/b26-17-. The van der Waals surface area contributed by atoms with Crippen LogP contribution in [0.4, 0.5) is 5.69 Å². The topological polar surface area (TPSA) is 97.3 Å². The van der Waals surface area contributed by atoms with E-state index in [4.69, 9.17) is 9.47 Å². The number of carbonyl (C=O) groups excluding carboxylic acids is 1. The summed E-state index contributed by atoms with van der Waals surface area (Å²) in [5, 5.41) is 4.15. The van der Waals surface area contributed by atoms with Crippen LogP contribution in [-0.2, 0) is 14.8 Å². The van der Waals surface area contributed by atoms with Gasteiger partial charge in [-0.3, -0.25) is 9.10 Å². The summed E-state index contributed by atoms with van der Waals surface area (Å²) < 4.78 is 39.8. The first-order valence-corrected chi connectivity index (χ1v) is 12.7. The van der Waals surface area contributed by atoms with Gasteiger partial charge in [0.15, 0.2) is 0 Å². The molecule has 0 atom stereocenters. The number of anilines is 1. The zero-order valence-electron chi connectivity index (χ0n) is 18.9. The Morgan fingerprint density at radius 3 is 2.38 bits per heavy atom. The molecule has 0 aliphatic heterocycles. The zero-order chi connectivity index (χ0) is 24.7. The van der Waals surface area contributed by atoms with E-state index in [-0.39, 0.29) is 16.3 Å². The van der Waals surface area contributed by atoms with Crippen molar-refractivity contribution < 1.29 is 22.7 Å². The SMILES string of the molecule is COc1ccc(OC)c(N(CC(=O)N/N=C(/C)c2cccc(I)c2)S(=O)(=O)c2ccccc2)c1. The highest BCUT2D eigenvalue weighted by atomic mass is 127. The maximum absolute atomic E-state index is 13.5. The predicted molar refractivity (Wildman–Crippen MR) is 140 cm³/mol. The van der Waals surface area contributed by atoms with Crippen LogP contribution in [0.25, 0.3) is 0 Å². The Bertz CT molecular complexity index is 1300. The van der Waals surface area contributed by atoms with Gasteiger partial charge < -0.3 is 9.47 Å². The normalized spacial score (nSPS) is 11.6. The average Bonchev–Trinajstić information content (AvgIpc) is 2.85. The summed E-state index contributed by atoms with van der Waals surface area (Å²) in [6.45, 7) is 1.24. The molecule has 178 valence electrons. The van der Waals surface area contributed by atoms with Crippen molar-refractivity contribution in [1.29, 1.82) is 0 Å². The van der Waals surface area contributed by atoms with Crippen LogP contribution in [0.3, 0.4) is 0 Å². The van der Waals surface area contributed by atoms with E-state index in [0.717, 1.165) is 13.4 Å². The first kappa shape index (κ1) is 25.5. The highest BCUT2D eigenvalue weighted by molar-refractivity contribution is 14.1. The smallest absolute Gasteiger partial charge is 0.264 e. The summed E-state index contributed by atoms with van der Waals surface area (Å²) in [7, 11) is -1.22. The fraction of sp³-hybridized carbons (Fsp3) is 0.167. The molecular weight excluding hydrogens is 569 g/mol. The molecule has 3 aromatic rings. The molecule has 0 aromatic heterocycles. The second-order valence-corrected chi connectivity index (χ2v) is 10.2. The van der Waals surface area contributed by atoms with Crippen LogP contribution in [0, 0.1) is 3.57 Å². The summed E-state index contributed by atoms with van der Waals surface area (Å²) in [5.74, 6) is 0.0676. The van der Waals surface area contributed by atoms with Crippen molar-refractivity contribution in [3.63, 3.8) is 0 Å². The van der Waals surface area contributed by atoms with Gasteiger partial charge in [0.1, 0.15) is 18.0 Å². The molecule has 0 heterocycles. The maximum Gasteiger partial charge on any atom is 0.264 e. The van der Waals surface area contributed by atoms with Crippen LogP contribution in [0.2, 0.25) is 0 Å². The minimum atomic E-state index is -4.12. The molecule has 3 aromatic carbocycles. The number of amides is 1. The van der Waals surface area contributed by atoms with Crippen LogP contribution < -0.4 is 19.2 Å². The number of hydrogen-bond donors (Lipinski definition) is 1. The quantitative estimate of drug-likeness (QED) is 0.230. The van der Waals surface area contributed by atoms with Gasteiger partial charge in [-0.05, 0) is 71.5 Å². The molecule has 34 heavy (non-hydrogen) atoms. The second-order valence-electron chi connectivity index (χ2n) is 7.11. The predicted octanol–water partition coefficient (Wildman–Crippen LogP) is 4.04. The molecule has 8 nitrogen and oxygen atoms in total. The lowest BCUT2D eigenvalue weighted by Gasteiger charge is -2.25. The Balaban J connectivity index is 1.97. The number of ether oxygens (including phenoxy) is 2. The van der Waals surface area contributed by atoms with Gasteiger partial charge in [0.25, 0.3) is 15.9 Å². The molecule has 0 spiro atoms. The Labute approximate surface area is 212 Å². The number of benzene rings is 3. The Morgan fingerprint density at radius 1 is 1.00 bits per heavy atom. The summed E-state index contributed by atoms with van der Waals surface area (Å²) in [6, 6.07) is 20.2. The van der Waals surface area contributed by atoms with Crippen molar-refractivity contribution in [3.8, 4) is 11.5 Å². The van der Waals surface area contributed by atoms with Crippen LogP contribution in [0.5, 0.6) is 11.5 Å². The van der Waals surface area contributed by atoms with Crippen molar-refractivity contribution in [3.05, 3.63) is 81.9 Å². The maximum atomic E-state index is 13.5. The van der Waals surface area contributed by atoms with E-state index in [1.54, 1.807) is 37.3 Å². The number of halogens is 1. The van der Waals surface area contributed by atoms with Gasteiger partial charge >= 0.3 is 0 Å². The number of sulfonamides is 1. The number of methoxy groups -OCH3 is 2. The third-order valence-electron chi connectivity index (χ3n) is 4.86. The number of hydrazone groups is 1. The summed E-state index contributed by atoms with van der Waals surface area (Å²) in [4.78, 5) is 12.9. The fourth-order valence-electron chi connectivity index (χ4n) is 3.10. The third-order valence-corrected chi connectivity index (χ3v) is 7.31. The van der Waals surface area contributed by atoms with Gasteiger partial charge in [-0.1, -0.05) is 30.3 Å². The van der Waals surface area contributed by atoms with E-state index in [1.807, 2.05) is 24.3 Å². The van der Waals surface area contributed by atoms with Gasteiger partial charge in [-0.2, -0.15) is 5.10 Å². The van der Waals surface area contributed by atoms with E-state index in [0.29, 0.717) is 11.5 Å². The van der Waals surface area contributed by atoms with E-state index in [9.17, 15) is 13.2 Å². The highest BCUT2D eigenvalue weighted by Crippen LogP contribution is 2.35. The molecule has 1 amide bonds. The molecule has 0 fully saturated rings. The van der Waals surface area contributed by atoms with Gasteiger partial charge in [-0.15, -0.1) is 0 Å². The molecule has 10 heteroatoms. The van der Waals surface area contributed by atoms with E-state index < -0.39 is 22.5 Å². The highest BCUT2D eigenvalue weighted by Gasteiger charge is 2.29. The number of carbonyl (C=O) groups is 1. The first-order valence-electron chi connectivity index (χ1n) is 10.1. The Kier molecular flexibility index (Phi) is 8.51. The van der Waals surface area contributed by atoms with Crippen molar-refractivity contribution in [2.75, 3.05) is 25.1 Å². The largest absolute Gasteiger partial charge is 0.497 e. The van der Waals surface area contributed by atoms with Crippen LogP contribution in [0.15, 0.2) is 82.8 Å². The number of nitrogens with zero attached hydrogens (tertiary/aromatic N) is 2. The average molecular weight is 593 g/mol. The first-order chi connectivity index (χ1) is 16.3. The summed E-state index contributed by atoms with van der Waals surface area (Å²) in [5.41, 5.74) is 4.05. The van der Waals surface area contributed by atoms with Gasteiger partial charge in [-0.25, -0.2) is 13.8 Å². The third kappa shape index (κ3) is 6.06. The van der Waals surface area contributed by atoms with Crippen molar-refractivity contribution in [2.45, 2.75) is 11.8 Å². The lowest BCUT2D eigenvalue weighted by Crippen LogP contribution is -2.40. The van der Waals surface area contributed by atoms with Gasteiger partial charge in [0.05, 0.1) is 30.5 Å². The second kappa shape index (κ2) is 11.3. The Hall–Kier alpha value is -3.12. The molecule has 0 aliphatic rings. The number of rotatable bonds is 9. The van der Waals surface area contributed by atoms with Gasteiger partial charge in [0, 0.05) is 9.64 Å². The minimum Gasteiger partial charge on any atom is -0.497 e. The van der Waals surface area contributed by atoms with E-state index in [1.165, 1.54) is 32.4 Å². The molecule has 0 aliphatic carbocycles. The lowest BCUT2D eigenvalue weighted by atomic mass is 10.1. The lowest BCUT2D eigenvalue weighted by molar-refractivity contribution is -0.119. The summed E-state index contributed by atoms with van der Waals surface area (Å²) in [6.07, 6.45) is 0. The molecular formula is C24H24IN3O5S. The van der Waals surface area contributed by atoms with Crippen molar-refractivity contribution >= 4 is 49.9 Å². The molecule has 0 saturated heterocycles. The van der Waals surface area contributed by atoms with Crippen LogP contribution in [-0.4, -0.2) is 40.8 Å². The molecule has 0 radical (unpaired) electrons. The van der Waals surface area contributed by atoms with Crippen molar-refractivity contribution in [1.82, 2.24) is 5.43 Å². The van der Waals surface area contributed by atoms with Crippen LogP contribution in [0.1, 0.15) is 12.5 Å². The van der Waals surface area contributed by atoms with E-state index in [2.05, 4.69) is 33.1 Å². The number of nitrogens with one attached hydrogen (secondary N) is 1.